The molecule has 1 saturated heterocycles. The zero-order valence-electron chi connectivity index (χ0n) is 15.0. The van der Waals surface area contributed by atoms with E-state index in [4.69, 9.17) is 11.6 Å². The predicted molar refractivity (Wildman–Crippen MR) is 102 cm³/mol. The van der Waals surface area contributed by atoms with Gasteiger partial charge in [-0.15, -0.1) is 0 Å². The minimum Gasteiger partial charge on any atom is -0.281 e. The number of hydrogen-bond acceptors (Lipinski definition) is 5. The van der Waals surface area contributed by atoms with Gasteiger partial charge in [0.25, 0.3) is 0 Å². The van der Waals surface area contributed by atoms with E-state index < -0.39 is 20.0 Å². The minimum atomic E-state index is -3.74. The Bertz CT molecular complexity index is 1010. The summed E-state index contributed by atoms with van der Waals surface area (Å²) < 4.78 is 54.3. The molecule has 2 heterocycles. The largest absolute Gasteiger partial charge is 0.281 e. The number of rotatable bonds is 4. The fourth-order valence-electron chi connectivity index (χ4n) is 3.16. The van der Waals surface area contributed by atoms with Gasteiger partial charge >= 0.3 is 0 Å². The van der Waals surface area contributed by atoms with Gasteiger partial charge in [-0.1, -0.05) is 11.6 Å². The van der Waals surface area contributed by atoms with Crippen LogP contribution in [0.1, 0.15) is 17.8 Å². The number of hydrogen-bond donors (Lipinski definition) is 1. The van der Waals surface area contributed by atoms with Gasteiger partial charge in [-0.3, -0.25) is 5.10 Å². The molecule has 0 aliphatic carbocycles. The molecule has 1 fully saturated rings. The Morgan fingerprint density at radius 3 is 2.00 bits per heavy atom. The third-order valence-electron chi connectivity index (χ3n) is 4.52. The standard InChI is InChI=1S/C16H21ClN4O4S2/c1-12-16(13(2)19-18-12)27(24,25)21-9-3-8-20(10-11-21)26(22,23)15-6-4-14(17)5-7-15/h4-7H,3,8-11H2,1-2H3,(H,18,19). The number of aromatic nitrogens is 2. The van der Waals surface area contributed by atoms with Gasteiger partial charge in [-0.05, 0) is 44.5 Å². The number of H-pyrrole nitrogens is 1. The van der Waals surface area contributed by atoms with E-state index in [1.54, 1.807) is 13.8 Å². The number of nitrogens with one attached hydrogen (secondary N) is 1. The molecule has 1 aliphatic heterocycles. The van der Waals surface area contributed by atoms with E-state index in [9.17, 15) is 16.8 Å². The second kappa shape index (κ2) is 7.51. The fraction of sp³-hybridized carbons (Fsp3) is 0.438. The first-order valence-corrected chi connectivity index (χ1v) is 11.7. The summed E-state index contributed by atoms with van der Waals surface area (Å²) in [7, 11) is -7.45. The summed E-state index contributed by atoms with van der Waals surface area (Å²) in [5.41, 5.74) is 0.879. The highest BCUT2D eigenvalue weighted by Crippen LogP contribution is 2.25. The van der Waals surface area contributed by atoms with Crippen molar-refractivity contribution in [1.29, 1.82) is 0 Å². The summed E-state index contributed by atoms with van der Waals surface area (Å²) in [6.07, 6.45) is 0.405. The van der Waals surface area contributed by atoms with Crippen LogP contribution in [0.2, 0.25) is 5.02 Å². The van der Waals surface area contributed by atoms with E-state index in [-0.39, 0.29) is 36.0 Å². The van der Waals surface area contributed by atoms with Crippen molar-refractivity contribution >= 4 is 31.6 Å². The first-order valence-electron chi connectivity index (χ1n) is 8.41. The maximum atomic E-state index is 13.0. The molecule has 0 saturated carbocycles. The molecule has 1 N–H and O–H groups in total. The van der Waals surface area contributed by atoms with Crippen LogP contribution in [0.4, 0.5) is 0 Å². The van der Waals surface area contributed by atoms with Crippen LogP contribution in [0.15, 0.2) is 34.1 Å². The van der Waals surface area contributed by atoms with Crippen LogP contribution in [0, 0.1) is 13.8 Å². The highest BCUT2D eigenvalue weighted by atomic mass is 35.5. The predicted octanol–water partition coefficient (Wildman–Crippen LogP) is 1.77. The van der Waals surface area contributed by atoms with E-state index in [2.05, 4.69) is 10.2 Å². The Labute approximate surface area is 164 Å². The first-order chi connectivity index (χ1) is 12.6. The fourth-order valence-corrected chi connectivity index (χ4v) is 6.55. The molecule has 8 nitrogen and oxygen atoms in total. The minimum absolute atomic E-state index is 0.0826. The van der Waals surface area contributed by atoms with Crippen molar-refractivity contribution in [1.82, 2.24) is 18.8 Å². The lowest BCUT2D eigenvalue weighted by atomic mass is 10.4. The van der Waals surface area contributed by atoms with Crippen molar-refractivity contribution in [2.75, 3.05) is 26.2 Å². The normalized spacial score (nSPS) is 17.7. The summed E-state index contributed by atoms with van der Waals surface area (Å²) in [4.78, 5) is 0.307. The van der Waals surface area contributed by atoms with Crippen LogP contribution < -0.4 is 0 Å². The number of aromatic amines is 1. The molecule has 1 aromatic carbocycles. The Morgan fingerprint density at radius 1 is 0.926 bits per heavy atom. The van der Waals surface area contributed by atoms with Crippen LogP contribution >= 0.6 is 11.6 Å². The van der Waals surface area contributed by atoms with Crippen LogP contribution in [0.3, 0.4) is 0 Å². The monoisotopic (exact) mass is 432 g/mol. The van der Waals surface area contributed by atoms with Gasteiger partial charge in [0.05, 0.1) is 16.3 Å². The smallest absolute Gasteiger partial charge is 0.246 e. The Kier molecular flexibility index (Phi) is 5.64. The summed E-state index contributed by atoms with van der Waals surface area (Å²) in [5, 5.41) is 7.09. The van der Waals surface area contributed by atoms with Crippen molar-refractivity contribution in [2.45, 2.75) is 30.1 Å². The molecule has 0 unspecified atom stereocenters. The molecular weight excluding hydrogens is 412 g/mol. The molecule has 27 heavy (non-hydrogen) atoms. The van der Waals surface area contributed by atoms with Crippen molar-refractivity contribution < 1.29 is 16.8 Å². The third kappa shape index (κ3) is 3.90. The van der Waals surface area contributed by atoms with Gasteiger partial charge in [0.1, 0.15) is 4.90 Å². The molecule has 11 heteroatoms. The molecule has 0 spiro atoms. The first kappa shape index (κ1) is 20.3. The van der Waals surface area contributed by atoms with Crippen LogP contribution in [-0.2, 0) is 20.0 Å². The zero-order chi connectivity index (χ0) is 19.8. The number of sulfonamides is 2. The van der Waals surface area contributed by atoms with E-state index in [1.807, 2.05) is 0 Å². The topological polar surface area (TPSA) is 103 Å². The lowest BCUT2D eigenvalue weighted by Gasteiger charge is -2.22. The van der Waals surface area contributed by atoms with Crippen molar-refractivity contribution in [2.24, 2.45) is 0 Å². The van der Waals surface area contributed by atoms with Crippen LogP contribution in [-0.4, -0.2) is 61.8 Å². The SMILES string of the molecule is Cc1n[nH]c(C)c1S(=O)(=O)N1CCCN(S(=O)(=O)c2ccc(Cl)cc2)CC1. The number of benzene rings is 1. The Morgan fingerprint density at radius 2 is 1.48 bits per heavy atom. The number of halogens is 1. The molecule has 2 aromatic rings. The van der Waals surface area contributed by atoms with Gasteiger partial charge in [0.15, 0.2) is 0 Å². The van der Waals surface area contributed by atoms with E-state index in [0.29, 0.717) is 22.8 Å². The summed E-state index contributed by atoms with van der Waals surface area (Å²) in [5.74, 6) is 0. The van der Waals surface area contributed by atoms with E-state index >= 15 is 0 Å². The molecular formula is C16H21ClN4O4S2. The second-order valence-corrected chi connectivity index (χ2v) is 10.6. The maximum absolute atomic E-state index is 13.0. The Balaban J connectivity index is 1.82. The quantitative estimate of drug-likeness (QED) is 0.792. The third-order valence-corrected chi connectivity index (χ3v) is 8.85. The maximum Gasteiger partial charge on any atom is 0.246 e. The number of nitrogens with zero attached hydrogens (tertiary/aromatic N) is 3. The van der Waals surface area contributed by atoms with Gasteiger partial charge in [-0.25, -0.2) is 16.8 Å². The van der Waals surface area contributed by atoms with Gasteiger partial charge in [0, 0.05) is 31.2 Å². The van der Waals surface area contributed by atoms with E-state index in [1.165, 1.54) is 32.9 Å². The summed E-state index contributed by atoms with van der Waals surface area (Å²) in [6, 6.07) is 5.95. The average molecular weight is 433 g/mol. The Hall–Kier alpha value is -1.46. The lowest BCUT2D eigenvalue weighted by molar-refractivity contribution is 0.404. The van der Waals surface area contributed by atoms with Crippen molar-refractivity contribution in [3.63, 3.8) is 0 Å². The van der Waals surface area contributed by atoms with Gasteiger partial charge in [0.2, 0.25) is 20.0 Å². The molecule has 0 bridgehead atoms. The number of aryl methyl sites for hydroxylation is 2. The zero-order valence-corrected chi connectivity index (χ0v) is 17.4. The van der Waals surface area contributed by atoms with Crippen LogP contribution in [0.5, 0.6) is 0 Å². The van der Waals surface area contributed by atoms with E-state index in [0.717, 1.165) is 0 Å². The second-order valence-electron chi connectivity index (χ2n) is 6.38. The molecule has 148 valence electrons. The highest BCUT2D eigenvalue weighted by molar-refractivity contribution is 7.89. The summed E-state index contributed by atoms with van der Waals surface area (Å²) >= 11 is 5.83. The molecule has 3 rings (SSSR count). The average Bonchev–Trinajstić information content (AvgIpc) is 2.82. The molecule has 0 atom stereocenters. The molecule has 1 aromatic heterocycles. The van der Waals surface area contributed by atoms with Crippen molar-refractivity contribution in [3.8, 4) is 0 Å². The van der Waals surface area contributed by atoms with Crippen molar-refractivity contribution in [3.05, 3.63) is 40.7 Å². The molecule has 1 aliphatic rings. The highest BCUT2D eigenvalue weighted by Gasteiger charge is 2.33. The van der Waals surface area contributed by atoms with Gasteiger partial charge < -0.3 is 0 Å². The molecule has 0 amide bonds. The van der Waals surface area contributed by atoms with Gasteiger partial charge in [-0.2, -0.15) is 13.7 Å². The van der Waals surface area contributed by atoms with Crippen LogP contribution in [0.25, 0.3) is 0 Å². The lowest BCUT2D eigenvalue weighted by Crippen LogP contribution is -2.37. The molecule has 0 radical (unpaired) electrons. The summed E-state index contributed by atoms with van der Waals surface area (Å²) in [6.45, 7) is 3.95.